The van der Waals surface area contributed by atoms with Gasteiger partial charge in [-0.1, -0.05) is 6.07 Å². The topological polar surface area (TPSA) is 120 Å². The number of nitrogen functional groups attached to an aromatic ring is 2. The van der Waals surface area contributed by atoms with E-state index >= 15 is 0 Å². The molecule has 0 unspecified atom stereocenters. The number of aromatic nitrogens is 3. The molecule has 1 heterocycles. The average Bonchev–Trinajstić information content (AvgIpc) is 2.25. The Morgan fingerprint density at radius 3 is 2.47 bits per heavy atom. The van der Waals surface area contributed by atoms with Gasteiger partial charge in [-0.15, -0.1) is 0 Å². The third-order valence-corrected chi connectivity index (χ3v) is 1.90. The molecule has 0 amide bonds. The summed E-state index contributed by atoms with van der Waals surface area (Å²) in [5, 5.41) is 9.24. The number of nitrogens with two attached hydrogens (primary N) is 2. The smallest absolute Gasteiger partial charge is 0.225 e. The van der Waals surface area contributed by atoms with E-state index in [4.69, 9.17) is 16.2 Å². The molecule has 0 atom stereocenters. The van der Waals surface area contributed by atoms with Crippen LogP contribution in [0.4, 0.5) is 11.9 Å². The molecule has 7 nitrogen and oxygen atoms in total. The Balaban J connectivity index is 2.07. The second kappa shape index (κ2) is 4.52. The van der Waals surface area contributed by atoms with Crippen LogP contribution >= 0.6 is 0 Å². The molecule has 1 aromatic heterocycles. The van der Waals surface area contributed by atoms with Gasteiger partial charge in [-0.3, -0.25) is 0 Å². The lowest BCUT2D eigenvalue weighted by atomic mass is 10.3. The van der Waals surface area contributed by atoms with E-state index < -0.39 is 0 Å². The van der Waals surface area contributed by atoms with E-state index in [-0.39, 0.29) is 24.3 Å². The molecule has 0 spiro atoms. The molecule has 1 aromatic carbocycles. The number of aromatic hydroxyl groups is 1. The average molecular weight is 233 g/mol. The van der Waals surface area contributed by atoms with Crippen LogP contribution in [0.1, 0.15) is 5.82 Å². The number of anilines is 2. The lowest BCUT2D eigenvalue weighted by Crippen LogP contribution is -2.09. The van der Waals surface area contributed by atoms with Crippen LogP contribution in [0.5, 0.6) is 11.5 Å². The number of nitrogens with zero attached hydrogens (tertiary/aromatic N) is 3. The maximum atomic E-state index is 9.24. The van der Waals surface area contributed by atoms with E-state index in [2.05, 4.69) is 15.0 Å². The number of phenolic OH excluding ortho intramolecular Hbond substituents is 1. The summed E-state index contributed by atoms with van der Waals surface area (Å²) in [5.41, 5.74) is 10.8. The molecular formula is C10H11N5O2. The zero-order chi connectivity index (χ0) is 12.3. The van der Waals surface area contributed by atoms with Gasteiger partial charge in [0.1, 0.15) is 18.1 Å². The minimum atomic E-state index is 0.0482. The summed E-state index contributed by atoms with van der Waals surface area (Å²) in [7, 11) is 0. The largest absolute Gasteiger partial charge is 0.508 e. The maximum absolute atomic E-state index is 9.24. The molecule has 88 valence electrons. The van der Waals surface area contributed by atoms with Crippen molar-refractivity contribution >= 4 is 11.9 Å². The van der Waals surface area contributed by atoms with Crippen molar-refractivity contribution in [3.8, 4) is 11.5 Å². The molecule has 5 N–H and O–H groups in total. The molecule has 7 heteroatoms. The second-order valence-electron chi connectivity index (χ2n) is 3.25. The van der Waals surface area contributed by atoms with Crippen molar-refractivity contribution in [2.24, 2.45) is 0 Å². The summed E-state index contributed by atoms with van der Waals surface area (Å²) in [5.74, 6) is 1.05. The Labute approximate surface area is 97.1 Å². The maximum Gasteiger partial charge on any atom is 0.225 e. The predicted molar refractivity (Wildman–Crippen MR) is 61.1 cm³/mol. The minimum Gasteiger partial charge on any atom is -0.508 e. The molecule has 0 radical (unpaired) electrons. The van der Waals surface area contributed by atoms with E-state index in [9.17, 15) is 5.11 Å². The van der Waals surface area contributed by atoms with E-state index in [1.165, 1.54) is 6.07 Å². The van der Waals surface area contributed by atoms with Crippen LogP contribution in [-0.4, -0.2) is 20.1 Å². The summed E-state index contributed by atoms with van der Waals surface area (Å²) in [6, 6.07) is 6.40. The number of benzene rings is 1. The molecule has 2 aromatic rings. The highest BCUT2D eigenvalue weighted by atomic mass is 16.5. The summed E-state index contributed by atoms with van der Waals surface area (Å²) < 4.78 is 5.36. The van der Waals surface area contributed by atoms with Crippen molar-refractivity contribution in [3.05, 3.63) is 30.1 Å². The van der Waals surface area contributed by atoms with Gasteiger partial charge >= 0.3 is 0 Å². The number of rotatable bonds is 3. The van der Waals surface area contributed by atoms with Crippen molar-refractivity contribution in [2.45, 2.75) is 6.61 Å². The van der Waals surface area contributed by atoms with Gasteiger partial charge in [0.05, 0.1) is 0 Å². The van der Waals surface area contributed by atoms with Crippen LogP contribution in [0.2, 0.25) is 0 Å². The molecule has 17 heavy (non-hydrogen) atoms. The van der Waals surface area contributed by atoms with Gasteiger partial charge in [0.25, 0.3) is 0 Å². The minimum absolute atomic E-state index is 0.0482. The first kappa shape index (κ1) is 10.9. The fourth-order valence-corrected chi connectivity index (χ4v) is 1.24. The normalized spacial score (nSPS) is 10.1. The number of ether oxygens (including phenoxy) is 1. The summed E-state index contributed by atoms with van der Waals surface area (Å²) in [6.07, 6.45) is 0. The predicted octanol–water partition coefficient (Wildman–Crippen LogP) is 0.321. The molecule has 0 saturated carbocycles. The van der Waals surface area contributed by atoms with Crippen LogP contribution < -0.4 is 16.2 Å². The SMILES string of the molecule is Nc1nc(N)nc(COc2cccc(O)c2)n1. The molecule has 2 rings (SSSR count). The molecule has 0 fully saturated rings. The van der Waals surface area contributed by atoms with Crippen LogP contribution in [0.25, 0.3) is 0 Å². The Morgan fingerprint density at radius 2 is 1.82 bits per heavy atom. The lowest BCUT2D eigenvalue weighted by molar-refractivity contribution is 0.294. The Morgan fingerprint density at radius 1 is 1.12 bits per heavy atom. The van der Waals surface area contributed by atoms with Gasteiger partial charge in [-0.25, -0.2) is 0 Å². The highest BCUT2D eigenvalue weighted by Gasteiger charge is 2.03. The zero-order valence-electron chi connectivity index (χ0n) is 8.87. The van der Waals surface area contributed by atoms with Crippen LogP contribution in [0, 0.1) is 0 Å². The van der Waals surface area contributed by atoms with Gasteiger partial charge in [0.15, 0.2) is 5.82 Å². The third-order valence-electron chi connectivity index (χ3n) is 1.90. The van der Waals surface area contributed by atoms with Gasteiger partial charge in [-0.05, 0) is 12.1 Å². The fourth-order valence-electron chi connectivity index (χ4n) is 1.24. The standard InChI is InChI=1S/C10H11N5O2/c11-9-13-8(14-10(12)15-9)5-17-7-3-1-2-6(16)4-7/h1-4,16H,5H2,(H4,11,12,13,14,15). The van der Waals surface area contributed by atoms with E-state index in [1.54, 1.807) is 18.2 Å². The summed E-state index contributed by atoms with van der Waals surface area (Å²) >= 11 is 0. The monoisotopic (exact) mass is 233 g/mol. The van der Waals surface area contributed by atoms with Crippen LogP contribution in [0.3, 0.4) is 0 Å². The van der Waals surface area contributed by atoms with Crippen molar-refractivity contribution in [3.63, 3.8) is 0 Å². The molecule has 0 aliphatic carbocycles. The first-order chi connectivity index (χ1) is 8.13. The van der Waals surface area contributed by atoms with Gasteiger partial charge in [0.2, 0.25) is 11.9 Å². The summed E-state index contributed by atoms with van der Waals surface area (Å²) in [6.45, 7) is 0.0976. The number of hydrogen-bond acceptors (Lipinski definition) is 7. The lowest BCUT2D eigenvalue weighted by Gasteiger charge is -2.06. The molecule has 0 aliphatic rings. The quantitative estimate of drug-likeness (QED) is 0.698. The number of hydrogen-bond donors (Lipinski definition) is 3. The Bertz CT molecular complexity index is 512. The van der Waals surface area contributed by atoms with Gasteiger partial charge in [0, 0.05) is 6.07 Å². The third kappa shape index (κ3) is 2.94. The van der Waals surface area contributed by atoms with Gasteiger partial charge < -0.3 is 21.3 Å². The summed E-state index contributed by atoms with van der Waals surface area (Å²) in [4.78, 5) is 11.4. The van der Waals surface area contributed by atoms with Gasteiger partial charge in [-0.2, -0.15) is 15.0 Å². The first-order valence-electron chi connectivity index (χ1n) is 4.81. The van der Waals surface area contributed by atoms with Crippen LogP contribution in [-0.2, 0) is 6.61 Å². The highest BCUT2D eigenvalue weighted by molar-refractivity contribution is 5.32. The molecule has 0 bridgehead atoms. The second-order valence-corrected chi connectivity index (χ2v) is 3.25. The van der Waals surface area contributed by atoms with E-state index in [1.807, 2.05) is 0 Å². The Hall–Kier alpha value is -2.57. The van der Waals surface area contributed by atoms with E-state index in [0.29, 0.717) is 11.6 Å². The highest BCUT2D eigenvalue weighted by Crippen LogP contribution is 2.18. The zero-order valence-corrected chi connectivity index (χ0v) is 8.87. The van der Waals surface area contributed by atoms with Crippen molar-refractivity contribution < 1.29 is 9.84 Å². The number of phenols is 1. The Kier molecular flexibility index (Phi) is 2.91. The molecule has 0 aliphatic heterocycles. The molecular weight excluding hydrogens is 222 g/mol. The fraction of sp³-hybridized carbons (Fsp3) is 0.100. The molecule has 0 saturated heterocycles. The van der Waals surface area contributed by atoms with Crippen molar-refractivity contribution in [1.29, 1.82) is 0 Å². The van der Waals surface area contributed by atoms with E-state index in [0.717, 1.165) is 0 Å². The van der Waals surface area contributed by atoms with Crippen LogP contribution in [0.15, 0.2) is 24.3 Å². The van der Waals surface area contributed by atoms with Crippen molar-refractivity contribution in [2.75, 3.05) is 11.5 Å². The first-order valence-corrected chi connectivity index (χ1v) is 4.81. The van der Waals surface area contributed by atoms with Crippen molar-refractivity contribution in [1.82, 2.24) is 15.0 Å².